The third kappa shape index (κ3) is 5.86. The molecule has 1 aliphatic heterocycles. The Morgan fingerprint density at radius 3 is 1.79 bits per heavy atom. The van der Waals surface area contributed by atoms with Crippen LogP contribution in [0.5, 0.6) is 0 Å². The van der Waals surface area contributed by atoms with E-state index in [2.05, 4.69) is 89.7 Å². The van der Waals surface area contributed by atoms with Gasteiger partial charge in [-0.05, 0) is 67.6 Å². The summed E-state index contributed by atoms with van der Waals surface area (Å²) in [6, 6.07) is 0. The van der Waals surface area contributed by atoms with Crippen molar-refractivity contribution in [1.82, 2.24) is 4.90 Å². The third-order valence-electron chi connectivity index (χ3n) is 8.03. The van der Waals surface area contributed by atoms with E-state index < -0.39 is 0 Å². The van der Waals surface area contributed by atoms with E-state index in [0.717, 1.165) is 19.4 Å². The van der Waals surface area contributed by atoms with Crippen LogP contribution in [0.2, 0.25) is 0 Å². The molecular weight excluding hydrogens is 342 g/mol. The summed E-state index contributed by atoms with van der Waals surface area (Å²) in [4.78, 5) is 14.5. The lowest BCUT2D eigenvalue weighted by atomic mass is 9.55. The smallest absolute Gasteiger partial charge is 0.223 e. The minimum atomic E-state index is -0.0764. The van der Waals surface area contributed by atoms with E-state index in [9.17, 15) is 4.79 Å². The van der Waals surface area contributed by atoms with Crippen LogP contribution in [0.3, 0.4) is 0 Å². The van der Waals surface area contributed by atoms with Crippen molar-refractivity contribution in [2.24, 2.45) is 27.6 Å². The summed E-state index contributed by atoms with van der Waals surface area (Å²) >= 11 is 0. The van der Waals surface area contributed by atoms with Crippen LogP contribution in [-0.4, -0.2) is 22.9 Å². The summed E-state index contributed by atoms with van der Waals surface area (Å²) in [6.45, 7) is 33.2. The van der Waals surface area contributed by atoms with Gasteiger partial charge < -0.3 is 4.90 Å². The number of likely N-dealkylation sites (tertiary alicyclic amines) is 1. The van der Waals surface area contributed by atoms with Gasteiger partial charge in [0.1, 0.15) is 0 Å². The van der Waals surface area contributed by atoms with Gasteiger partial charge >= 0.3 is 0 Å². The Morgan fingerprint density at radius 2 is 1.39 bits per heavy atom. The average Bonchev–Trinajstić information content (AvgIpc) is 2.75. The number of hydrogen-bond donors (Lipinski definition) is 0. The lowest BCUT2D eigenvalue weighted by Crippen LogP contribution is -2.42. The van der Waals surface area contributed by atoms with Gasteiger partial charge in [0.2, 0.25) is 5.91 Å². The first kappa shape index (κ1) is 25.2. The zero-order chi connectivity index (χ0) is 22.3. The van der Waals surface area contributed by atoms with Gasteiger partial charge in [0.05, 0.1) is 0 Å². The minimum absolute atomic E-state index is 0.0764. The quantitative estimate of drug-likeness (QED) is 0.412. The molecule has 0 aromatic rings. The molecule has 0 aromatic carbocycles. The molecule has 0 N–H and O–H groups in total. The highest BCUT2D eigenvalue weighted by Gasteiger charge is 2.45. The van der Waals surface area contributed by atoms with Crippen LogP contribution in [0.4, 0.5) is 0 Å². The molecule has 1 fully saturated rings. The molecule has 0 spiro atoms. The Hall–Kier alpha value is -0.790. The van der Waals surface area contributed by atoms with E-state index in [-0.39, 0.29) is 27.2 Å². The topological polar surface area (TPSA) is 20.3 Å². The molecule has 0 saturated carbocycles. The van der Waals surface area contributed by atoms with Crippen LogP contribution in [0, 0.1) is 27.6 Å². The fourth-order valence-electron chi connectivity index (χ4n) is 4.52. The normalized spacial score (nSPS) is 20.1. The molecule has 1 rings (SSSR count). The standard InChI is InChI=1S/C26H49NO/c1-19(14-20-15-21(28)27(17-20)23(5,6)7)16-24(8,9)26(12,13)18-25(10,11)22(2,3)4/h20H,1,14-18H2,2-13H3. The molecule has 28 heavy (non-hydrogen) atoms. The predicted molar refractivity (Wildman–Crippen MR) is 123 cm³/mol. The number of amides is 1. The summed E-state index contributed by atoms with van der Waals surface area (Å²) in [5.74, 6) is 0.723. The summed E-state index contributed by atoms with van der Waals surface area (Å²) in [5, 5.41) is 0. The van der Waals surface area contributed by atoms with Gasteiger partial charge in [0, 0.05) is 18.5 Å². The number of hydrogen-bond acceptors (Lipinski definition) is 1. The van der Waals surface area contributed by atoms with E-state index in [1.807, 2.05) is 4.90 Å². The van der Waals surface area contributed by atoms with Crippen LogP contribution in [-0.2, 0) is 4.79 Å². The van der Waals surface area contributed by atoms with Gasteiger partial charge in [-0.1, -0.05) is 74.5 Å². The van der Waals surface area contributed by atoms with Crippen LogP contribution < -0.4 is 0 Å². The highest BCUT2D eigenvalue weighted by Crippen LogP contribution is 2.54. The Bertz CT molecular complexity index is 581. The molecule has 2 heteroatoms. The van der Waals surface area contributed by atoms with Crippen LogP contribution in [0.15, 0.2) is 12.2 Å². The fraction of sp³-hybridized carbons (Fsp3) is 0.885. The van der Waals surface area contributed by atoms with Crippen molar-refractivity contribution >= 4 is 5.91 Å². The molecule has 0 radical (unpaired) electrons. The van der Waals surface area contributed by atoms with Crippen molar-refractivity contribution in [1.29, 1.82) is 0 Å². The maximum atomic E-state index is 12.4. The van der Waals surface area contributed by atoms with Crippen molar-refractivity contribution in [3.8, 4) is 0 Å². The Morgan fingerprint density at radius 1 is 0.893 bits per heavy atom. The number of carbonyl (C=O) groups excluding carboxylic acids is 1. The van der Waals surface area contributed by atoms with Crippen molar-refractivity contribution < 1.29 is 4.79 Å². The van der Waals surface area contributed by atoms with Gasteiger partial charge in [-0.2, -0.15) is 0 Å². The van der Waals surface area contributed by atoms with Crippen LogP contribution in [0.25, 0.3) is 0 Å². The molecule has 0 aromatic heterocycles. The molecule has 0 aliphatic carbocycles. The zero-order valence-corrected chi connectivity index (χ0v) is 21.2. The molecule has 1 amide bonds. The summed E-state index contributed by atoms with van der Waals surface area (Å²) in [7, 11) is 0. The van der Waals surface area contributed by atoms with E-state index in [1.165, 1.54) is 12.0 Å². The SMILES string of the molecule is C=C(CC1CC(=O)N(C(C)(C)C)C1)CC(C)(C)C(C)(C)CC(C)(C)C(C)(C)C. The van der Waals surface area contributed by atoms with Crippen LogP contribution >= 0.6 is 0 Å². The molecule has 1 saturated heterocycles. The van der Waals surface area contributed by atoms with E-state index in [0.29, 0.717) is 18.2 Å². The van der Waals surface area contributed by atoms with Crippen molar-refractivity contribution in [3.63, 3.8) is 0 Å². The van der Waals surface area contributed by atoms with Crippen LogP contribution in [0.1, 0.15) is 109 Å². The molecule has 0 bridgehead atoms. The first-order chi connectivity index (χ1) is 12.2. The Kier molecular flexibility index (Phi) is 7.03. The number of rotatable bonds is 7. The van der Waals surface area contributed by atoms with Gasteiger partial charge in [-0.25, -0.2) is 0 Å². The van der Waals surface area contributed by atoms with Gasteiger partial charge in [0.15, 0.2) is 0 Å². The van der Waals surface area contributed by atoms with Gasteiger partial charge in [-0.3, -0.25) is 4.79 Å². The van der Waals surface area contributed by atoms with Gasteiger partial charge in [-0.15, -0.1) is 0 Å². The second-order valence-corrected chi connectivity index (χ2v) is 13.5. The largest absolute Gasteiger partial charge is 0.338 e. The van der Waals surface area contributed by atoms with Gasteiger partial charge in [0.25, 0.3) is 0 Å². The highest BCUT2D eigenvalue weighted by molar-refractivity contribution is 5.79. The maximum Gasteiger partial charge on any atom is 0.223 e. The van der Waals surface area contributed by atoms with Crippen molar-refractivity contribution in [3.05, 3.63) is 12.2 Å². The Balaban J connectivity index is 2.78. The number of allylic oxidation sites excluding steroid dienone is 1. The van der Waals surface area contributed by atoms with Crippen molar-refractivity contribution in [2.45, 2.75) is 114 Å². The second kappa shape index (κ2) is 7.80. The Labute approximate surface area is 176 Å². The monoisotopic (exact) mass is 391 g/mol. The molecule has 1 aliphatic rings. The second-order valence-electron chi connectivity index (χ2n) is 13.5. The molecule has 1 unspecified atom stereocenters. The summed E-state index contributed by atoms with van der Waals surface area (Å²) in [5.41, 5.74) is 2.14. The maximum absolute atomic E-state index is 12.4. The third-order valence-corrected chi connectivity index (χ3v) is 8.03. The van der Waals surface area contributed by atoms with E-state index in [4.69, 9.17) is 0 Å². The first-order valence-electron chi connectivity index (χ1n) is 11.2. The van der Waals surface area contributed by atoms with E-state index in [1.54, 1.807) is 0 Å². The molecule has 164 valence electrons. The number of nitrogens with zero attached hydrogens (tertiary/aromatic N) is 1. The molecule has 1 heterocycles. The van der Waals surface area contributed by atoms with E-state index >= 15 is 0 Å². The highest BCUT2D eigenvalue weighted by atomic mass is 16.2. The zero-order valence-electron chi connectivity index (χ0n) is 21.2. The molecule has 2 nitrogen and oxygen atoms in total. The lowest BCUT2D eigenvalue weighted by Gasteiger charge is -2.50. The lowest BCUT2D eigenvalue weighted by molar-refractivity contribution is -0.131. The molecule has 1 atom stereocenters. The summed E-state index contributed by atoms with van der Waals surface area (Å²) < 4.78 is 0. The summed E-state index contributed by atoms with van der Waals surface area (Å²) in [6.07, 6.45) is 3.86. The average molecular weight is 392 g/mol. The molecular formula is C26H49NO. The number of carbonyl (C=O) groups is 1. The fourth-order valence-corrected chi connectivity index (χ4v) is 4.52. The minimum Gasteiger partial charge on any atom is -0.338 e. The predicted octanol–water partition coefficient (Wildman–Crippen LogP) is 7.48. The first-order valence-corrected chi connectivity index (χ1v) is 11.2. The van der Waals surface area contributed by atoms with Crippen molar-refractivity contribution in [2.75, 3.05) is 6.54 Å².